The van der Waals surface area contributed by atoms with Gasteiger partial charge in [0.1, 0.15) is 48.8 Å². The van der Waals surface area contributed by atoms with E-state index in [1.165, 1.54) is 0 Å². The van der Waals surface area contributed by atoms with Crippen LogP contribution in [-0.2, 0) is 0 Å². The van der Waals surface area contributed by atoms with Crippen LogP contribution in [0.3, 0.4) is 0 Å². The molecule has 12 heteroatoms. The first-order chi connectivity index (χ1) is 11.1. The number of rotatable bonds is 10. The summed E-state index contributed by atoms with van der Waals surface area (Å²) in [5, 5.41) is 104. The van der Waals surface area contributed by atoms with E-state index >= 15 is 0 Å². The Hall–Kier alpha value is -0.480. The Morgan fingerprint density at radius 2 is 0.458 bits per heavy atom. The van der Waals surface area contributed by atoms with Gasteiger partial charge in [-0.3, -0.25) is 0 Å². The van der Waals surface area contributed by atoms with Crippen molar-refractivity contribution < 1.29 is 61.3 Å². The van der Waals surface area contributed by atoms with Crippen LogP contribution in [0.5, 0.6) is 0 Å². The molecule has 0 aromatic rings. The highest BCUT2D eigenvalue weighted by Gasteiger charge is 2.30. The number of hydrogen-bond acceptors (Lipinski definition) is 12. The predicted octanol–water partition coefficient (Wildman–Crippen LogP) is -7.17. The van der Waals surface area contributed by atoms with Crippen molar-refractivity contribution in [2.24, 2.45) is 0 Å². The van der Waals surface area contributed by atoms with Crippen LogP contribution >= 0.6 is 0 Å². The molecule has 12 nitrogen and oxygen atoms in total. The summed E-state index contributed by atoms with van der Waals surface area (Å²) in [6.07, 6.45) is -12.8. The quantitative estimate of drug-likeness (QED) is 0.173. The summed E-state index contributed by atoms with van der Waals surface area (Å²) in [6, 6.07) is 0. The molecule has 0 aromatic heterocycles. The summed E-state index contributed by atoms with van der Waals surface area (Å²) in [7, 11) is 0. The van der Waals surface area contributed by atoms with Crippen molar-refractivity contribution in [3.63, 3.8) is 0 Å². The fourth-order valence-corrected chi connectivity index (χ4v) is 1.34. The predicted molar refractivity (Wildman–Crippen MR) is 76.4 cm³/mol. The Labute approximate surface area is 137 Å². The fraction of sp³-hybridized carbons (Fsp3) is 1.00. The molecular formula is C12H28O12. The molecule has 148 valence electrons. The third kappa shape index (κ3) is 9.12. The van der Waals surface area contributed by atoms with E-state index < -0.39 is 75.3 Å². The Kier molecular flexibility index (Phi) is 14.8. The zero-order valence-corrected chi connectivity index (χ0v) is 12.8. The maximum Gasteiger partial charge on any atom is 0.111 e. The van der Waals surface area contributed by atoms with E-state index in [9.17, 15) is 0 Å². The zero-order chi connectivity index (χ0) is 19.4. The number of aliphatic hydroxyl groups excluding tert-OH is 12. The molecule has 0 heterocycles. The Morgan fingerprint density at radius 1 is 0.333 bits per heavy atom. The van der Waals surface area contributed by atoms with Gasteiger partial charge in [-0.1, -0.05) is 0 Å². The topological polar surface area (TPSA) is 243 Å². The van der Waals surface area contributed by atoms with Gasteiger partial charge in [0.15, 0.2) is 0 Å². The molecule has 0 unspecified atom stereocenters. The monoisotopic (exact) mass is 364 g/mol. The van der Waals surface area contributed by atoms with Crippen LogP contribution in [0.1, 0.15) is 0 Å². The minimum Gasteiger partial charge on any atom is -0.394 e. The van der Waals surface area contributed by atoms with E-state index in [2.05, 4.69) is 0 Å². The summed E-state index contributed by atoms with van der Waals surface area (Å²) >= 11 is 0. The van der Waals surface area contributed by atoms with Crippen molar-refractivity contribution in [2.75, 3.05) is 26.4 Å². The van der Waals surface area contributed by atoms with Crippen molar-refractivity contribution in [3.8, 4) is 0 Å². The van der Waals surface area contributed by atoms with E-state index in [1.54, 1.807) is 0 Å². The van der Waals surface area contributed by atoms with Gasteiger partial charge in [-0.15, -0.1) is 0 Å². The lowest BCUT2D eigenvalue weighted by molar-refractivity contribution is -0.123. The molecule has 0 aliphatic rings. The zero-order valence-electron chi connectivity index (χ0n) is 12.8. The molecule has 0 saturated heterocycles. The van der Waals surface area contributed by atoms with Crippen LogP contribution in [0.25, 0.3) is 0 Å². The molecule has 0 fully saturated rings. The van der Waals surface area contributed by atoms with Gasteiger partial charge in [0.05, 0.1) is 26.4 Å². The first-order valence-electron chi connectivity index (χ1n) is 6.96. The van der Waals surface area contributed by atoms with Gasteiger partial charge < -0.3 is 61.3 Å². The van der Waals surface area contributed by atoms with Crippen molar-refractivity contribution in [2.45, 2.75) is 48.8 Å². The summed E-state index contributed by atoms with van der Waals surface area (Å²) in [6.45, 7) is -2.90. The largest absolute Gasteiger partial charge is 0.394 e. The average molecular weight is 364 g/mol. The minimum absolute atomic E-state index is 0.726. The molecule has 0 spiro atoms. The first-order valence-corrected chi connectivity index (χ1v) is 6.96. The fourth-order valence-electron chi connectivity index (χ4n) is 1.34. The molecule has 0 bridgehead atoms. The summed E-state index contributed by atoms with van der Waals surface area (Å²) < 4.78 is 0. The van der Waals surface area contributed by atoms with Crippen molar-refractivity contribution in [1.29, 1.82) is 0 Å². The van der Waals surface area contributed by atoms with E-state index in [0.29, 0.717) is 0 Å². The summed E-state index contributed by atoms with van der Waals surface area (Å²) in [5.74, 6) is 0. The summed E-state index contributed by atoms with van der Waals surface area (Å²) in [5.41, 5.74) is 0. The second-order valence-corrected chi connectivity index (χ2v) is 4.96. The third-order valence-corrected chi connectivity index (χ3v) is 3.02. The second-order valence-electron chi connectivity index (χ2n) is 4.96. The highest BCUT2D eigenvalue weighted by molar-refractivity contribution is 4.80. The molecule has 0 rings (SSSR count). The maximum atomic E-state index is 8.96. The average Bonchev–Trinajstić information content (AvgIpc) is 2.62. The second kappa shape index (κ2) is 13.8. The molecule has 0 saturated carbocycles. The number of hydrogen-bond donors (Lipinski definition) is 12. The lowest BCUT2D eigenvalue weighted by Crippen LogP contribution is -2.46. The van der Waals surface area contributed by atoms with E-state index in [4.69, 9.17) is 61.3 Å². The highest BCUT2D eigenvalue weighted by atomic mass is 16.4. The van der Waals surface area contributed by atoms with Crippen molar-refractivity contribution in [1.82, 2.24) is 0 Å². The molecule has 0 aliphatic heterocycles. The van der Waals surface area contributed by atoms with Crippen LogP contribution < -0.4 is 0 Å². The lowest BCUT2D eigenvalue weighted by Gasteiger charge is -2.24. The van der Waals surface area contributed by atoms with Crippen LogP contribution in [0.2, 0.25) is 0 Å². The summed E-state index contributed by atoms with van der Waals surface area (Å²) in [4.78, 5) is 0. The smallest absolute Gasteiger partial charge is 0.111 e. The van der Waals surface area contributed by atoms with E-state index in [1.807, 2.05) is 0 Å². The van der Waals surface area contributed by atoms with Gasteiger partial charge in [0.2, 0.25) is 0 Å². The van der Waals surface area contributed by atoms with Crippen LogP contribution in [0, 0.1) is 0 Å². The van der Waals surface area contributed by atoms with Gasteiger partial charge in [-0.05, 0) is 0 Å². The van der Waals surface area contributed by atoms with Gasteiger partial charge in [-0.25, -0.2) is 0 Å². The van der Waals surface area contributed by atoms with E-state index in [0.717, 1.165) is 0 Å². The molecule has 0 aromatic carbocycles. The van der Waals surface area contributed by atoms with E-state index in [-0.39, 0.29) is 0 Å². The van der Waals surface area contributed by atoms with Crippen molar-refractivity contribution >= 4 is 0 Å². The number of aliphatic hydroxyl groups is 12. The molecule has 12 N–H and O–H groups in total. The molecule has 0 amide bonds. The maximum absolute atomic E-state index is 8.96. The lowest BCUT2D eigenvalue weighted by atomic mass is 10.0. The molecular weight excluding hydrogens is 336 g/mol. The minimum atomic E-state index is -1.67. The third-order valence-electron chi connectivity index (χ3n) is 3.02. The van der Waals surface area contributed by atoms with Crippen LogP contribution in [0.15, 0.2) is 0 Å². The van der Waals surface area contributed by atoms with Gasteiger partial charge in [0.25, 0.3) is 0 Å². The van der Waals surface area contributed by atoms with Crippen LogP contribution in [0.4, 0.5) is 0 Å². The molecule has 0 radical (unpaired) electrons. The van der Waals surface area contributed by atoms with Gasteiger partial charge in [0, 0.05) is 0 Å². The molecule has 24 heavy (non-hydrogen) atoms. The van der Waals surface area contributed by atoms with Crippen molar-refractivity contribution in [3.05, 3.63) is 0 Å². The van der Waals surface area contributed by atoms with Gasteiger partial charge in [-0.2, -0.15) is 0 Å². The highest BCUT2D eigenvalue weighted by Crippen LogP contribution is 2.04. The normalized spacial score (nSPS) is 21.5. The standard InChI is InChI=1S/2C6H14O6/c2*7-1-3(9)5(11)6(12)4(10)2-8/h2*3-12H,1-2H2/t2*3-,4-,5+,6+/m10/s1. The Bertz CT molecular complexity index is 237. The Balaban J connectivity index is 0. The Morgan fingerprint density at radius 3 is 0.542 bits per heavy atom. The SMILES string of the molecule is OC[C@@H](O)[C@H](O)[C@@H](O)[C@H](O)CO.OC[C@H](O)[C@@H](O)[C@H](O)[C@@H](O)CO. The van der Waals surface area contributed by atoms with Crippen LogP contribution in [-0.4, -0.2) is 137 Å². The van der Waals surface area contributed by atoms with Gasteiger partial charge >= 0.3 is 0 Å². The first kappa shape index (κ1) is 25.8. The molecule has 8 atom stereocenters. The molecule has 0 aliphatic carbocycles.